The summed E-state index contributed by atoms with van der Waals surface area (Å²) in [4.78, 5) is 0. The van der Waals surface area contributed by atoms with Gasteiger partial charge in [-0.05, 0) is 29.4 Å². The molecule has 0 aliphatic heterocycles. The molecule has 0 bridgehead atoms. The molecule has 1 nitrogen and oxygen atoms in total. The number of nitrogens with two attached hydrogens (primary N) is 1. The van der Waals surface area contributed by atoms with Crippen LogP contribution in [0.25, 0.3) is 0 Å². The van der Waals surface area contributed by atoms with Crippen molar-refractivity contribution in [3.8, 4) is 0 Å². The molecule has 0 heterocycles. The topological polar surface area (TPSA) is 26.0 Å². The minimum Gasteiger partial charge on any atom is -0.323 e. The van der Waals surface area contributed by atoms with E-state index in [-0.39, 0.29) is 11.9 Å². The molecule has 2 N–H and O–H groups in total. The van der Waals surface area contributed by atoms with Gasteiger partial charge in [0.2, 0.25) is 0 Å². The largest absolute Gasteiger partial charge is 0.323 e. The highest BCUT2D eigenvalue weighted by molar-refractivity contribution is 7.99. The van der Waals surface area contributed by atoms with Crippen LogP contribution < -0.4 is 5.73 Å². The molecular formula is C13H20FNS. The van der Waals surface area contributed by atoms with Crippen molar-refractivity contribution in [1.29, 1.82) is 0 Å². The Morgan fingerprint density at radius 3 is 2.75 bits per heavy atom. The number of hydrogen-bond donors (Lipinski definition) is 1. The highest BCUT2D eigenvalue weighted by Gasteiger charge is 2.07. The quantitative estimate of drug-likeness (QED) is 0.823. The van der Waals surface area contributed by atoms with Crippen molar-refractivity contribution < 1.29 is 4.39 Å². The van der Waals surface area contributed by atoms with Gasteiger partial charge in [-0.15, -0.1) is 0 Å². The molecule has 3 heteroatoms. The van der Waals surface area contributed by atoms with E-state index in [1.165, 1.54) is 18.6 Å². The van der Waals surface area contributed by atoms with Crippen LogP contribution in [0.15, 0.2) is 24.3 Å². The van der Waals surface area contributed by atoms with E-state index in [1.54, 1.807) is 6.07 Å². The normalized spacial score (nSPS) is 14.8. The molecule has 0 aliphatic carbocycles. The zero-order valence-corrected chi connectivity index (χ0v) is 10.8. The first-order valence-electron chi connectivity index (χ1n) is 5.72. The predicted octanol–water partition coefficient (Wildman–Crippen LogP) is 3.60. The highest BCUT2D eigenvalue weighted by Crippen LogP contribution is 2.19. The maximum absolute atomic E-state index is 13.0. The summed E-state index contributed by atoms with van der Waals surface area (Å²) in [5.41, 5.74) is 6.89. The Hall–Kier alpha value is -0.540. The highest BCUT2D eigenvalue weighted by atomic mass is 32.2. The van der Waals surface area contributed by atoms with E-state index in [4.69, 9.17) is 5.73 Å². The molecular weight excluding hydrogens is 221 g/mol. The van der Waals surface area contributed by atoms with Crippen molar-refractivity contribution >= 4 is 11.8 Å². The van der Waals surface area contributed by atoms with Gasteiger partial charge in [-0.1, -0.05) is 32.4 Å². The van der Waals surface area contributed by atoms with Crippen molar-refractivity contribution in [1.82, 2.24) is 0 Å². The van der Waals surface area contributed by atoms with Crippen LogP contribution in [0.5, 0.6) is 0 Å². The molecule has 0 spiro atoms. The molecule has 0 fully saturated rings. The molecule has 16 heavy (non-hydrogen) atoms. The van der Waals surface area contributed by atoms with E-state index in [1.807, 2.05) is 17.8 Å². The Bertz CT molecular complexity index is 317. The Labute approximate surface area is 102 Å². The fraction of sp³-hybridized carbons (Fsp3) is 0.538. The Morgan fingerprint density at radius 2 is 2.12 bits per heavy atom. The fourth-order valence-electron chi connectivity index (χ4n) is 1.35. The third-order valence-corrected chi connectivity index (χ3v) is 4.07. The second kappa shape index (κ2) is 6.92. The van der Waals surface area contributed by atoms with Crippen LogP contribution in [-0.2, 0) is 0 Å². The summed E-state index contributed by atoms with van der Waals surface area (Å²) in [6.07, 6.45) is 1.20. The second-order valence-corrected chi connectivity index (χ2v) is 5.29. The fourth-order valence-corrected chi connectivity index (χ4v) is 2.57. The molecule has 0 aromatic heterocycles. The number of benzene rings is 1. The van der Waals surface area contributed by atoms with Gasteiger partial charge in [-0.2, -0.15) is 11.8 Å². The summed E-state index contributed by atoms with van der Waals surface area (Å²) >= 11 is 1.85. The smallest absolute Gasteiger partial charge is 0.123 e. The van der Waals surface area contributed by atoms with E-state index in [0.717, 1.165) is 23.0 Å². The molecule has 0 saturated carbocycles. The zero-order valence-electron chi connectivity index (χ0n) is 9.95. The lowest BCUT2D eigenvalue weighted by molar-refractivity contribution is 0.622. The molecule has 1 aromatic carbocycles. The van der Waals surface area contributed by atoms with Gasteiger partial charge in [0, 0.05) is 11.8 Å². The molecule has 2 atom stereocenters. The molecule has 1 aromatic rings. The summed E-state index contributed by atoms with van der Waals surface area (Å²) in [7, 11) is 0. The molecule has 1 rings (SSSR count). The first kappa shape index (κ1) is 13.5. The van der Waals surface area contributed by atoms with Gasteiger partial charge in [0.05, 0.1) is 0 Å². The molecule has 90 valence electrons. The van der Waals surface area contributed by atoms with Crippen molar-refractivity contribution in [2.45, 2.75) is 26.3 Å². The maximum atomic E-state index is 13.0. The van der Waals surface area contributed by atoms with Crippen LogP contribution in [0.3, 0.4) is 0 Å². The maximum Gasteiger partial charge on any atom is 0.123 e. The van der Waals surface area contributed by atoms with E-state index >= 15 is 0 Å². The summed E-state index contributed by atoms with van der Waals surface area (Å²) in [6, 6.07) is 6.50. The van der Waals surface area contributed by atoms with Crippen molar-refractivity contribution in [2.24, 2.45) is 11.7 Å². The number of hydrogen-bond acceptors (Lipinski definition) is 2. The molecule has 0 aliphatic rings. The lowest BCUT2D eigenvalue weighted by Gasteiger charge is -2.13. The summed E-state index contributed by atoms with van der Waals surface area (Å²) < 4.78 is 13.0. The summed E-state index contributed by atoms with van der Waals surface area (Å²) in [5, 5.41) is 0. The van der Waals surface area contributed by atoms with Crippen LogP contribution in [0, 0.1) is 11.7 Å². The van der Waals surface area contributed by atoms with Gasteiger partial charge < -0.3 is 5.73 Å². The number of rotatable bonds is 6. The molecule has 2 unspecified atom stereocenters. The first-order valence-corrected chi connectivity index (χ1v) is 6.87. The van der Waals surface area contributed by atoms with Crippen LogP contribution in [0.2, 0.25) is 0 Å². The minimum atomic E-state index is -0.208. The first-order chi connectivity index (χ1) is 7.63. The van der Waals surface area contributed by atoms with Gasteiger partial charge in [-0.3, -0.25) is 0 Å². The van der Waals surface area contributed by atoms with Crippen molar-refractivity contribution in [2.75, 3.05) is 11.5 Å². The third kappa shape index (κ3) is 4.54. The van der Waals surface area contributed by atoms with Gasteiger partial charge in [0.15, 0.2) is 0 Å². The van der Waals surface area contributed by atoms with E-state index < -0.39 is 0 Å². The summed E-state index contributed by atoms with van der Waals surface area (Å²) in [6.45, 7) is 4.43. The zero-order chi connectivity index (χ0) is 12.0. The minimum absolute atomic E-state index is 0.0650. The number of halogens is 1. The van der Waals surface area contributed by atoms with Crippen molar-refractivity contribution in [3.05, 3.63) is 35.6 Å². The third-order valence-electron chi connectivity index (χ3n) is 2.67. The Kier molecular flexibility index (Phi) is 5.85. The lowest BCUT2D eigenvalue weighted by atomic mass is 10.1. The second-order valence-electron chi connectivity index (χ2n) is 4.21. The molecule has 0 saturated heterocycles. The predicted molar refractivity (Wildman–Crippen MR) is 70.1 cm³/mol. The van der Waals surface area contributed by atoms with E-state index in [0.29, 0.717) is 0 Å². The van der Waals surface area contributed by atoms with Crippen LogP contribution in [-0.4, -0.2) is 11.5 Å². The van der Waals surface area contributed by atoms with Gasteiger partial charge in [0.1, 0.15) is 5.82 Å². The average molecular weight is 241 g/mol. The Balaban J connectivity index is 2.38. The van der Waals surface area contributed by atoms with Gasteiger partial charge >= 0.3 is 0 Å². The van der Waals surface area contributed by atoms with Gasteiger partial charge in [0.25, 0.3) is 0 Å². The van der Waals surface area contributed by atoms with Crippen LogP contribution in [0.4, 0.5) is 4.39 Å². The molecule has 0 radical (unpaired) electrons. The van der Waals surface area contributed by atoms with E-state index in [9.17, 15) is 4.39 Å². The van der Waals surface area contributed by atoms with Crippen LogP contribution in [0.1, 0.15) is 31.9 Å². The van der Waals surface area contributed by atoms with Crippen molar-refractivity contribution in [3.63, 3.8) is 0 Å². The molecule has 0 amide bonds. The Morgan fingerprint density at radius 1 is 1.38 bits per heavy atom. The summed E-state index contributed by atoms with van der Waals surface area (Å²) in [5.74, 6) is 2.50. The lowest BCUT2D eigenvalue weighted by Crippen LogP contribution is -2.14. The van der Waals surface area contributed by atoms with E-state index in [2.05, 4.69) is 13.8 Å². The SMILES string of the molecule is CCC(C)CSCC(N)c1cccc(F)c1. The van der Waals surface area contributed by atoms with Crippen LogP contribution >= 0.6 is 11.8 Å². The number of thioether (sulfide) groups is 1. The average Bonchev–Trinajstić information content (AvgIpc) is 2.28. The standard InChI is InChI=1S/C13H20FNS/c1-3-10(2)8-16-9-13(15)11-5-4-6-12(14)7-11/h4-7,10,13H,3,8-9,15H2,1-2H3. The van der Waals surface area contributed by atoms with Gasteiger partial charge in [-0.25, -0.2) is 4.39 Å². The monoisotopic (exact) mass is 241 g/mol.